The van der Waals surface area contributed by atoms with Crippen LogP contribution in [-0.4, -0.2) is 42.2 Å². The second kappa shape index (κ2) is 7.95. The van der Waals surface area contributed by atoms with E-state index >= 15 is 0 Å². The molecule has 1 aliphatic rings. The molecular formula is C17H32N2O3. The van der Waals surface area contributed by atoms with E-state index in [1.54, 1.807) is 0 Å². The average Bonchev–Trinajstić information content (AvgIpc) is 2.32. The zero-order chi connectivity index (χ0) is 16.8. The van der Waals surface area contributed by atoms with Crippen LogP contribution in [0.25, 0.3) is 0 Å². The van der Waals surface area contributed by atoms with Crippen LogP contribution >= 0.6 is 0 Å². The molecule has 0 aromatic heterocycles. The first-order valence-electron chi connectivity index (χ1n) is 8.32. The van der Waals surface area contributed by atoms with Crippen molar-refractivity contribution < 1.29 is 14.3 Å². The molecule has 0 bridgehead atoms. The Morgan fingerprint density at radius 1 is 1.05 bits per heavy atom. The van der Waals surface area contributed by atoms with Crippen molar-refractivity contribution in [3.63, 3.8) is 0 Å². The molecule has 1 fully saturated rings. The standard InChI is InChI=1S/C17H32N2O3/c1-7-21-14(9-10-15(20)22-8-2)18-13-11-16(3,4)19-17(5,6)12-13/h13,19H,7-12H2,1-6H3. The Kier molecular flexibility index (Phi) is 6.85. The minimum Gasteiger partial charge on any atom is -0.481 e. The van der Waals surface area contributed by atoms with Crippen molar-refractivity contribution in [2.45, 2.75) is 84.3 Å². The summed E-state index contributed by atoms with van der Waals surface area (Å²) in [4.78, 5) is 16.3. The van der Waals surface area contributed by atoms with Gasteiger partial charge in [0.15, 0.2) is 5.90 Å². The summed E-state index contributed by atoms with van der Waals surface area (Å²) in [6.07, 6.45) is 2.76. The maximum absolute atomic E-state index is 11.5. The maximum atomic E-state index is 11.5. The van der Waals surface area contributed by atoms with Gasteiger partial charge in [0.25, 0.3) is 0 Å². The Morgan fingerprint density at radius 2 is 1.59 bits per heavy atom. The quantitative estimate of drug-likeness (QED) is 0.465. The van der Waals surface area contributed by atoms with Crippen LogP contribution < -0.4 is 5.32 Å². The molecule has 0 aromatic rings. The van der Waals surface area contributed by atoms with Gasteiger partial charge in [0, 0.05) is 17.5 Å². The van der Waals surface area contributed by atoms with Gasteiger partial charge in [-0.3, -0.25) is 9.79 Å². The molecule has 5 heteroatoms. The van der Waals surface area contributed by atoms with Gasteiger partial charge in [-0.15, -0.1) is 0 Å². The van der Waals surface area contributed by atoms with Crippen molar-refractivity contribution in [3.05, 3.63) is 0 Å². The van der Waals surface area contributed by atoms with Gasteiger partial charge < -0.3 is 14.8 Å². The minimum absolute atomic E-state index is 0.0500. The Labute approximate surface area is 134 Å². The SMILES string of the molecule is CCOC(=O)CCC(=NC1CC(C)(C)NC(C)(C)C1)OCC. The van der Waals surface area contributed by atoms with Gasteiger partial charge in [-0.2, -0.15) is 0 Å². The van der Waals surface area contributed by atoms with E-state index in [0.29, 0.717) is 32.0 Å². The van der Waals surface area contributed by atoms with Crippen molar-refractivity contribution in [2.24, 2.45) is 4.99 Å². The number of hydrogen-bond acceptors (Lipinski definition) is 5. The van der Waals surface area contributed by atoms with E-state index < -0.39 is 0 Å². The molecule has 5 nitrogen and oxygen atoms in total. The number of nitrogens with one attached hydrogen (secondary N) is 1. The molecule has 0 saturated carbocycles. The first kappa shape index (κ1) is 18.9. The molecule has 1 aliphatic heterocycles. The molecule has 1 saturated heterocycles. The molecule has 0 aliphatic carbocycles. The first-order chi connectivity index (χ1) is 10.2. The van der Waals surface area contributed by atoms with Crippen LogP contribution in [0.2, 0.25) is 0 Å². The van der Waals surface area contributed by atoms with Crippen molar-refractivity contribution in [3.8, 4) is 0 Å². The predicted molar refractivity (Wildman–Crippen MR) is 89.2 cm³/mol. The van der Waals surface area contributed by atoms with E-state index in [4.69, 9.17) is 14.5 Å². The van der Waals surface area contributed by atoms with Crippen LogP contribution in [0.3, 0.4) is 0 Å². The van der Waals surface area contributed by atoms with E-state index in [-0.39, 0.29) is 23.1 Å². The third kappa shape index (κ3) is 6.77. The molecule has 1 N–H and O–H groups in total. The van der Waals surface area contributed by atoms with Crippen LogP contribution in [-0.2, 0) is 14.3 Å². The highest BCUT2D eigenvalue weighted by Gasteiger charge is 2.37. The topological polar surface area (TPSA) is 59.9 Å². The number of piperidine rings is 1. The molecule has 0 spiro atoms. The molecular weight excluding hydrogens is 280 g/mol. The summed E-state index contributed by atoms with van der Waals surface area (Å²) < 4.78 is 10.6. The fraction of sp³-hybridized carbons (Fsp3) is 0.882. The van der Waals surface area contributed by atoms with Crippen molar-refractivity contribution in [1.82, 2.24) is 5.32 Å². The molecule has 1 heterocycles. The van der Waals surface area contributed by atoms with Crippen molar-refractivity contribution in [1.29, 1.82) is 0 Å². The largest absolute Gasteiger partial charge is 0.481 e. The molecule has 22 heavy (non-hydrogen) atoms. The summed E-state index contributed by atoms with van der Waals surface area (Å²) in [5.41, 5.74) is 0.1000. The van der Waals surface area contributed by atoms with Gasteiger partial charge in [0.2, 0.25) is 0 Å². The highest BCUT2D eigenvalue weighted by molar-refractivity contribution is 5.81. The van der Waals surface area contributed by atoms with Gasteiger partial charge >= 0.3 is 5.97 Å². The second-order valence-corrected chi connectivity index (χ2v) is 7.22. The summed E-state index contributed by atoms with van der Waals surface area (Å²) >= 11 is 0. The summed E-state index contributed by atoms with van der Waals surface area (Å²) in [6.45, 7) is 13.6. The van der Waals surface area contributed by atoms with Gasteiger partial charge in [-0.25, -0.2) is 0 Å². The monoisotopic (exact) mass is 312 g/mol. The van der Waals surface area contributed by atoms with Crippen molar-refractivity contribution >= 4 is 11.9 Å². The van der Waals surface area contributed by atoms with Gasteiger partial charge in [-0.1, -0.05) is 0 Å². The van der Waals surface area contributed by atoms with E-state index in [2.05, 4.69) is 33.0 Å². The first-order valence-corrected chi connectivity index (χ1v) is 8.32. The lowest BCUT2D eigenvalue weighted by Crippen LogP contribution is -2.58. The summed E-state index contributed by atoms with van der Waals surface area (Å²) in [6, 6.07) is 0.218. The number of ether oxygens (including phenoxy) is 2. The smallest absolute Gasteiger partial charge is 0.306 e. The Morgan fingerprint density at radius 3 is 2.09 bits per heavy atom. The van der Waals surface area contributed by atoms with E-state index in [0.717, 1.165) is 12.8 Å². The Hall–Kier alpha value is -1.10. The van der Waals surface area contributed by atoms with Crippen LogP contribution in [0, 0.1) is 0 Å². The van der Waals surface area contributed by atoms with Gasteiger partial charge in [-0.05, 0) is 54.4 Å². The van der Waals surface area contributed by atoms with Crippen LogP contribution in [0.1, 0.15) is 67.2 Å². The number of carbonyl (C=O) groups is 1. The zero-order valence-corrected chi connectivity index (χ0v) is 15.0. The summed E-state index contributed by atoms with van der Waals surface area (Å²) in [5, 5.41) is 3.65. The van der Waals surface area contributed by atoms with Crippen LogP contribution in [0.15, 0.2) is 4.99 Å². The Balaban J connectivity index is 2.72. The second-order valence-electron chi connectivity index (χ2n) is 7.22. The summed E-state index contributed by atoms with van der Waals surface area (Å²) in [7, 11) is 0. The average molecular weight is 312 g/mol. The zero-order valence-electron chi connectivity index (χ0n) is 15.0. The third-order valence-electron chi connectivity index (χ3n) is 3.65. The van der Waals surface area contributed by atoms with E-state index in [9.17, 15) is 4.79 Å². The lowest BCUT2D eigenvalue weighted by atomic mass is 9.80. The molecule has 128 valence electrons. The predicted octanol–water partition coefficient (Wildman–Crippen LogP) is 3.07. The molecule has 0 atom stereocenters. The van der Waals surface area contributed by atoms with Crippen molar-refractivity contribution in [2.75, 3.05) is 13.2 Å². The number of hydrogen-bond donors (Lipinski definition) is 1. The highest BCUT2D eigenvalue weighted by atomic mass is 16.5. The highest BCUT2D eigenvalue weighted by Crippen LogP contribution is 2.30. The summed E-state index contributed by atoms with van der Waals surface area (Å²) in [5.74, 6) is 0.481. The van der Waals surface area contributed by atoms with Crippen LogP contribution in [0.4, 0.5) is 0 Å². The fourth-order valence-corrected chi connectivity index (χ4v) is 3.35. The number of rotatable bonds is 6. The molecule has 0 amide bonds. The third-order valence-corrected chi connectivity index (χ3v) is 3.65. The molecule has 0 radical (unpaired) electrons. The van der Waals surface area contributed by atoms with Gasteiger partial charge in [0.1, 0.15) is 0 Å². The number of nitrogens with zero attached hydrogens (tertiary/aromatic N) is 1. The molecule has 0 aromatic carbocycles. The lowest BCUT2D eigenvalue weighted by molar-refractivity contribution is -0.143. The van der Waals surface area contributed by atoms with Crippen LogP contribution in [0.5, 0.6) is 0 Å². The molecule has 1 rings (SSSR count). The number of aliphatic imine (C=N–C) groups is 1. The number of esters is 1. The normalized spacial score (nSPS) is 21.5. The minimum atomic E-state index is -0.194. The Bertz CT molecular complexity index is 387. The van der Waals surface area contributed by atoms with E-state index in [1.807, 2.05) is 13.8 Å². The lowest BCUT2D eigenvalue weighted by Gasteiger charge is -2.45. The number of carbonyl (C=O) groups excluding carboxylic acids is 1. The fourth-order valence-electron chi connectivity index (χ4n) is 3.35. The van der Waals surface area contributed by atoms with E-state index in [1.165, 1.54) is 0 Å². The maximum Gasteiger partial charge on any atom is 0.306 e. The van der Waals surface area contributed by atoms with Gasteiger partial charge in [0.05, 0.1) is 25.7 Å². The molecule has 0 unspecified atom stereocenters.